The number of amides is 1. The Labute approximate surface area is 189 Å². The van der Waals surface area contributed by atoms with Crippen molar-refractivity contribution in [1.29, 1.82) is 0 Å². The average Bonchev–Trinajstić information content (AvgIpc) is 3.48. The highest BCUT2D eigenvalue weighted by Crippen LogP contribution is 2.34. The van der Waals surface area contributed by atoms with Crippen LogP contribution in [0.2, 0.25) is 5.02 Å². The molecule has 3 heterocycles. The molecule has 32 heavy (non-hydrogen) atoms. The number of rotatable bonds is 4. The second kappa shape index (κ2) is 8.27. The fraction of sp³-hybridized carbons (Fsp3) is 0.304. The maximum Gasteiger partial charge on any atom is 0.293 e. The molecule has 0 unspecified atom stereocenters. The van der Waals surface area contributed by atoms with Gasteiger partial charge in [-0.3, -0.25) is 14.9 Å². The summed E-state index contributed by atoms with van der Waals surface area (Å²) in [7, 11) is 0. The molecule has 2 aromatic carbocycles. The first-order chi connectivity index (χ1) is 15.5. The number of nitrogens with zero attached hydrogens (tertiary/aromatic N) is 4. The van der Waals surface area contributed by atoms with Gasteiger partial charge < -0.3 is 14.3 Å². The van der Waals surface area contributed by atoms with Crippen LogP contribution in [0.4, 0.5) is 11.4 Å². The minimum absolute atomic E-state index is 0.0257. The molecule has 1 amide bonds. The van der Waals surface area contributed by atoms with Crippen LogP contribution in [0.25, 0.3) is 11.3 Å². The number of nitro groups is 1. The van der Waals surface area contributed by atoms with Crippen molar-refractivity contribution in [3.8, 4) is 11.3 Å². The van der Waals surface area contributed by atoms with Crippen LogP contribution in [0.15, 0.2) is 47.0 Å². The monoisotopic (exact) mass is 452 g/mol. The van der Waals surface area contributed by atoms with Gasteiger partial charge in [-0.05, 0) is 49.2 Å². The molecule has 1 saturated heterocycles. The number of halogens is 1. The molecule has 8 nitrogen and oxygen atoms in total. The minimum atomic E-state index is -0.405. The van der Waals surface area contributed by atoms with Crippen molar-refractivity contribution in [2.75, 3.05) is 24.5 Å². The number of hydrogen-bond donors (Lipinski definition) is 0. The lowest BCUT2D eigenvalue weighted by Crippen LogP contribution is -2.36. The van der Waals surface area contributed by atoms with Crippen LogP contribution in [0.1, 0.15) is 34.5 Å². The fourth-order valence-electron chi connectivity index (χ4n) is 4.42. The molecule has 0 saturated carbocycles. The van der Waals surface area contributed by atoms with Crippen LogP contribution < -0.4 is 4.90 Å². The molecule has 0 atom stereocenters. The number of hydrogen-bond acceptors (Lipinski definition) is 6. The number of fused-ring (bicyclic) bond motifs is 1. The summed E-state index contributed by atoms with van der Waals surface area (Å²) in [4.78, 5) is 28.3. The second-order valence-electron chi connectivity index (χ2n) is 8.08. The highest BCUT2D eigenvalue weighted by Gasteiger charge is 2.30. The Bertz CT molecular complexity index is 1190. The van der Waals surface area contributed by atoms with Crippen LogP contribution in [-0.2, 0) is 13.0 Å². The molecular formula is C23H21ClN4O4. The van der Waals surface area contributed by atoms with Crippen molar-refractivity contribution in [1.82, 2.24) is 10.1 Å². The first-order valence-electron chi connectivity index (χ1n) is 10.6. The Kier molecular flexibility index (Phi) is 5.30. The van der Waals surface area contributed by atoms with Crippen molar-refractivity contribution >= 4 is 28.9 Å². The van der Waals surface area contributed by atoms with Gasteiger partial charge in [0.25, 0.3) is 11.6 Å². The smallest absolute Gasteiger partial charge is 0.293 e. The summed E-state index contributed by atoms with van der Waals surface area (Å²) >= 11 is 5.99. The van der Waals surface area contributed by atoms with Crippen molar-refractivity contribution in [2.45, 2.75) is 25.8 Å². The molecule has 0 bridgehead atoms. The Morgan fingerprint density at radius 1 is 1.09 bits per heavy atom. The summed E-state index contributed by atoms with van der Waals surface area (Å²) in [5, 5.41) is 16.5. The van der Waals surface area contributed by atoms with E-state index in [0.717, 1.165) is 42.8 Å². The highest BCUT2D eigenvalue weighted by molar-refractivity contribution is 6.30. The molecule has 0 spiro atoms. The summed E-state index contributed by atoms with van der Waals surface area (Å²) in [6.07, 6.45) is 2.59. The third-order valence-corrected chi connectivity index (χ3v) is 6.35. The number of aromatic nitrogens is 1. The van der Waals surface area contributed by atoms with Gasteiger partial charge in [-0.25, -0.2) is 0 Å². The second-order valence-corrected chi connectivity index (χ2v) is 8.51. The fourth-order valence-corrected chi connectivity index (χ4v) is 4.55. The van der Waals surface area contributed by atoms with Crippen molar-refractivity contribution in [3.05, 3.63) is 74.4 Å². The van der Waals surface area contributed by atoms with Gasteiger partial charge >= 0.3 is 0 Å². The highest BCUT2D eigenvalue weighted by atomic mass is 35.5. The molecule has 3 aromatic rings. The van der Waals surface area contributed by atoms with E-state index in [1.165, 1.54) is 6.07 Å². The minimum Gasteiger partial charge on any atom is -0.366 e. The number of nitro benzene ring substituents is 1. The summed E-state index contributed by atoms with van der Waals surface area (Å²) < 4.78 is 5.57. The maximum atomic E-state index is 13.3. The van der Waals surface area contributed by atoms with Gasteiger partial charge in [0.15, 0.2) is 5.76 Å². The normalized spacial score (nSPS) is 15.7. The van der Waals surface area contributed by atoms with E-state index in [4.69, 9.17) is 16.1 Å². The Morgan fingerprint density at radius 2 is 1.84 bits per heavy atom. The van der Waals surface area contributed by atoms with E-state index in [9.17, 15) is 14.9 Å². The number of anilines is 1. The van der Waals surface area contributed by atoms with Gasteiger partial charge in [0.1, 0.15) is 5.69 Å². The third-order valence-electron chi connectivity index (χ3n) is 6.10. The van der Waals surface area contributed by atoms with Crippen molar-refractivity contribution in [2.24, 2.45) is 0 Å². The largest absolute Gasteiger partial charge is 0.366 e. The predicted octanol–water partition coefficient (Wildman–Crippen LogP) is 4.70. The summed E-state index contributed by atoms with van der Waals surface area (Å²) in [5.41, 5.74) is 3.39. The zero-order chi connectivity index (χ0) is 22.2. The Morgan fingerprint density at radius 3 is 2.56 bits per heavy atom. The van der Waals surface area contributed by atoms with E-state index in [0.29, 0.717) is 41.5 Å². The topological polar surface area (TPSA) is 92.7 Å². The molecule has 1 fully saturated rings. The van der Waals surface area contributed by atoms with Gasteiger partial charge in [-0.15, -0.1) is 0 Å². The lowest BCUT2D eigenvalue weighted by atomic mass is 10.0. The van der Waals surface area contributed by atoms with Crippen LogP contribution >= 0.6 is 11.6 Å². The maximum absolute atomic E-state index is 13.3. The van der Waals surface area contributed by atoms with Crippen LogP contribution in [-0.4, -0.2) is 40.5 Å². The molecule has 2 aliphatic rings. The van der Waals surface area contributed by atoms with Crippen LogP contribution in [0.3, 0.4) is 0 Å². The van der Waals surface area contributed by atoms with Gasteiger partial charge in [0.05, 0.1) is 17.2 Å². The lowest BCUT2D eigenvalue weighted by Gasteiger charge is -2.27. The molecule has 9 heteroatoms. The first-order valence-corrected chi connectivity index (χ1v) is 10.9. The first kappa shape index (κ1) is 20.5. The zero-order valence-corrected chi connectivity index (χ0v) is 18.0. The van der Waals surface area contributed by atoms with E-state index in [1.807, 2.05) is 17.0 Å². The van der Waals surface area contributed by atoms with E-state index >= 15 is 0 Å². The lowest BCUT2D eigenvalue weighted by molar-refractivity contribution is -0.384. The van der Waals surface area contributed by atoms with E-state index in [1.54, 1.807) is 29.2 Å². The average molecular weight is 453 g/mol. The quantitative estimate of drug-likeness (QED) is 0.420. The zero-order valence-electron chi connectivity index (χ0n) is 17.3. The molecule has 164 valence electrons. The van der Waals surface area contributed by atoms with Crippen LogP contribution in [0.5, 0.6) is 0 Å². The molecule has 0 N–H and O–H groups in total. The summed E-state index contributed by atoms with van der Waals surface area (Å²) in [6.45, 7) is 2.39. The van der Waals surface area contributed by atoms with E-state index < -0.39 is 4.92 Å². The Balaban J connectivity index is 1.42. The molecule has 0 radical (unpaired) electrons. The van der Waals surface area contributed by atoms with E-state index in [-0.39, 0.29) is 11.6 Å². The number of benzene rings is 2. The third kappa shape index (κ3) is 3.71. The summed E-state index contributed by atoms with van der Waals surface area (Å²) in [5.74, 6) is 0.375. The number of carbonyl (C=O) groups excluding carboxylic acids is 1. The standard InChI is InChI=1S/C23H21ClN4O4/c24-17-6-3-15(4-7-17)22-18-14-27(12-9-19(18)25-32-22)23(29)16-5-8-20(21(13-16)28(30)31)26-10-1-2-11-26/h3-8,13H,1-2,9-12,14H2. The van der Waals surface area contributed by atoms with Gasteiger partial charge in [-0.2, -0.15) is 0 Å². The molecule has 0 aliphatic carbocycles. The molecular weight excluding hydrogens is 432 g/mol. The van der Waals surface area contributed by atoms with Crippen molar-refractivity contribution < 1.29 is 14.2 Å². The van der Waals surface area contributed by atoms with Crippen LogP contribution in [0, 0.1) is 10.1 Å². The van der Waals surface area contributed by atoms with Gasteiger partial charge in [-0.1, -0.05) is 16.8 Å². The van der Waals surface area contributed by atoms with Gasteiger partial charge in [0, 0.05) is 53.8 Å². The van der Waals surface area contributed by atoms with Gasteiger partial charge in [0.2, 0.25) is 0 Å². The Hall–Kier alpha value is -3.39. The summed E-state index contributed by atoms with van der Waals surface area (Å²) in [6, 6.07) is 12.0. The molecule has 5 rings (SSSR count). The number of carbonyl (C=O) groups is 1. The van der Waals surface area contributed by atoms with Crippen molar-refractivity contribution in [3.63, 3.8) is 0 Å². The predicted molar refractivity (Wildman–Crippen MR) is 120 cm³/mol. The molecule has 2 aliphatic heterocycles. The molecule has 1 aromatic heterocycles. The SMILES string of the molecule is O=C(c1ccc(N2CCCC2)c([N+](=O)[O-])c1)N1CCc2noc(-c3ccc(Cl)cc3)c2C1. The van der Waals surface area contributed by atoms with E-state index in [2.05, 4.69) is 5.16 Å².